The topological polar surface area (TPSA) is 94.2 Å². The lowest BCUT2D eigenvalue weighted by molar-refractivity contribution is -0.135. The van der Waals surface area contributed by atoms with Crippen LogP contribution in [0.5, 0.6) is 0 Å². The standard InChI is InChI=1S/C18H27N2O6P/c1-4-25-27(23,26-5-2)17(18(22)20-10-12-24-13-11-20)19-16(21)15-8-6-14(3)7-9-15/h6-9,17H,4-5,10-13H2,1-3H3,(H,19,21)/t17-/m0/s1. The molecule has 1 aromatic carbocycles. The van der Waals surface area contributed by atoms with Crippen LogP contribution < -0.4 is 5.32 Å². The Morgan fingerprint density at radius 2 is 1.70 bits per heavy atom. The van der Waals surface area contributed by atoms with Crippen LogP contribution in [0.1, 0.15) is 29.8 Å². The summed E-state index contributed by atoms with van der Waals surface area (Å²) in [4.78, 5) is 27.2. The molecule has 2 rings (SSSR count). The number of amides is 2. The zero-order valence-corrected chi connectivity index (χ0v) is 16.9. The molecule has 27 heavy (non-hydrogen) atoms. The molecule has 1 heterocycles. The number of carbonyl (C=O) groups is 2. The molecular formula is C18H27N2O6P. The second-order valence-corrected chi connectivity index (χ2v) is 8.17. The maximum absolute atomic E-state index is 13.3. The van der Waals surface area contributed by atoms with E-state index in [9.17, 15) is 14.2 Å². The van der Waals surface area contributed by atoms with Crippen molar-refractivity contribution in [2.24, 2.45) is 0 Å². The minimum Gasteiger partial charge on any atom is -0.378 e. The Kier molecular flexibility index (Phi) is 7.98. The Bertz CT molecular complexity index is 678. The fourth-order valence-corrected chi connectivity index (χ4v) is 4.49. The summed E-state index contributed by atoms with van der Waals surface area (Å²) in [6.45, 7) is 6.88. The van der Waals surface area contributed by atoms with Crippen LogP contribution in [0, 0.1) is 6.92 Å². The van der Waals surface area contributed by atoms with Crippen molar-refractivity contribution < 1.29 is 27.9 Å². The first kappa shape index (κ1) is 21.6. The fraction of sp³-hybridized carbons (Fsp3) is 0.556. The van der Waals surface area contributed by atoms with Crippen molar-refractivity contribution in [3.63, 3.8) is 0 Å². The average Bonchev–Trinajstić information content (AvgIpc) is 2.67. The Labute approximate surface area is 159 Å². The van der Waals surface area contributed by atoms with Crippen molar-refractivity contribution in [1.82, 2.24) is 10.2 Å². The summed E-state index contributed by atoms with van der Waals surface area (Å²) in [5, 5.41) is 2.58. The summed E-state index contributed by atoms with van der Waals surface area (Å²) in [6.07, 6.45) is 0. The molecule has 0 unspecified atom stereocenters. The number of ether oxygens (including phenoxy) is 1. The summed E-state index contributed by atoms with van der Waals surface area (Å²) >= 11 is 0. The third kappa shape index (κ3) is 5.62. The zero-order valence-electron chi connectivity index (χ0n) is 16.0. The number of rotatable bonds is 8. The van der Waals surface area contributed by atoms with E-state index in [1.165, 1.54) is 4.90 Å². The van der Waals surface area contributed by atoms with Crippen LogP contribution in [0.3, 0.4) is 0 Å². The Hall–Kier alpha value is -1.73. The lowest BCUT2D eigenvalue weighted by atomic mass is 10.1. The van der Waals surface area contributed by atoms with Gasteiger partial charge in [0.05, 0.1) is 26.4 Å². The predicted molar refractivity (Wildman–Crippen MR) is 101 cm³/mol. The molecule has 1 aliphatic heterocycles. The maximum atomic E-state index is 13.3. The van der Waals surface area contributed by atoms with Gasteiger partial charge in [-0.25, -0.2) is 0 Å². The lowest BCUT2D eigenvalue weighted by Crippen LogP contribution is -2.52. The molecule has 2 amide bonds. The van der Waals surface area contributed by atoms with Crippen LogP contribution >= 0.6 is 7.60 Å². The Morgan fingerprint density at radius 3 is 2.22 bits per heavy atom. The monoisotopic (exact) mass is 398 g/mol. The summed E-state index contributed by atoms with van der Waals surface area (Å²) in [7, 11) is -3.90. The Balaban J connectivity index is 2.29. The van der Waals surface area contributed by atoms with Crippen molar-refractivity contribution in [2.45, 2.75) is 26.6 Å². The van der Waals surface area contributed by atoms with Crippen molar-refractivity contribution in [3.05, 3.63) is 35.4 Å². The molecule has 1 N–H and O–H groups in total. The van der Waals surface area contributed by atoms with E-state index in [2.05, 4.69) is 5.32 Å². The Morgan fingerprint density at radius 1 is 1.15 bits per heavy atom. The summed E-state index contributed by atoms with van der Waals surface area (Å²) < 4.78 is 29.2. The molecule has 0 aromatic heterocycles. The summed E-state index contributed by atoms with van der Waals surface area (Å²) in [6, 6.07) is 6.87. The van der Waals surface area contributed by atoms with E-state index in [1.54, 1.807) is 38.1 Å². The summed E-state index contributed by atoms with van der Waals surface area (Å²) in [5.41, 5.74) is 1.36. The number of hydrogen-bond donors (Lipinski definition) is 1. The van der Waals surface area contributed by atoms with Crippen LogP contribution in [0.2, 0.25) is 0 Å². The van der Waals surface area contributed by atoms with E-state index < -0.39 is 25.2 Å². The molecule has 0 saturated carbocycles. The molecule has 1 atom stereocenters. The highest BCUT2D eigenvalue weighted by Crippen LogP contribution is 2.52. The molecule has 9 heteroatoms. The number of nitrogens with one attached hydrogen (secondary N) is 1. The van der Waals surface area contributed by atoms with Gasteiger partial charge in [0, 0.05) is 18.7 Å². The van der Waals surface area contributed by atoms with Crippen LogP contribution in [0.4, 0.5) is 0 Å². The first-order valence-corrected chi connectivity index (χ1v) is 10.6. The normalized spacial score (nSPS) is 16.0. The molecule has 0 radical (unpaired) electrons. The molecule has 0 spiro atoms. The van der Waals surface area contributed by atoms with E-state index in [0.717, 1.165) is 5.56 Å². The van der Waals surface area contributed by atoms with Gasteiger partial charge in [0.1, 0.15) is 0 Å². The molecule has 0 bridgehead atoms. The number of carbonyl (C=O) groups excluding carboxylic acids is 2. The molecule has 1 aliphatic rings. The second-order valence-electron chi connectivity index (χ2n) is 6.06. The second kappa shape index (κ2) is 9.99. The van der Waals surface area contributed by atoms with Gasteiger partial charge >= 0.3 is 7.60 Å². The van der Waals surface area contributed by atoms with E-state index in [1.807, 2.05) is 6.92 Å². The van der Waals surface area contributed by atoms with Gasteiger partial charge in [-0.15, -0.1) is 0 Å². The van der Waals surface area contributed by atoms with Crippen molar-refractivity contribution in [1.29, 1.82) is 0 Å². The van der Waals surface area contributed by atoms with E-state index in [0.29, 0.717) is 31.9 Å². The summed E-state index contributed by atoms with van der Waals surface area (Å²) in [5.74, 6) is -2.42. The van der Waals surface area contributed by atoms with Gasteiger partial charge in [0.15, 0.2) is 0 Å². The smallest absolute Gasteiger partial charge is 0.362 e. The van der Waals surface area contributed by atoms with Gasteiger partial charge in [0.25, 0.3) is 11.8 Å². The first-order valence-electron chi connectivity index (χ1n) is 9.04. The molecule has 150 valence electrons. The molecule has 1 saturated heterocycles. The molecule has 0 aliphatic carbocycles. The number of hydrogen-bond acceptors (Lipinski definition) is 6. The minimum atomic E-state index is -3.90. The van der Waals surface area contributed by atoms with Gasteiger partial charge in [-0.3, -0.25) is 14.2 Å². The highest BCUT2D eigenvalue weighted by atomic mass is 31.2. The fourth-order valence-electron chi connectivity index (χ4n) is 2.69. The quantitative estimate of drug-likeness (QED) is 0.675. The van der Waals surface area contributed by atoms with Gasteiger partial charge in [-0.05, 0) is 32.9 Å². The number of aryl methyl sites for hydroxylation is 1. The van der Waals surface area contributed by atoms with Crippen molar-refractivity contribution in [3.8, 4) is 0 Å². The van der Waals surface area contributed by atoms with Crippen LogP contribution in [0.15, 0.2) is 24.3 Å². The highest BCUT2D eigenvalue weighted by molar-refractivity contribution is 7.55. The molecule has 1 aromatic rings. The van der Waals surface area contributed by atoms with Crippen molar-refractivity contribution >= 4 is 19.4 Å². The minimum absolute atomic E-state index is 0.0879. The highest BCUT2D eigenvalue weighted by Gasteiger charge is 2.44. The van der Waals surface area contributed by atoms with Gasteiger partial charge < -0.3 is 24.0 Å². The molecule has 8 nitrogen and oxygen atoms in total. The van der Waals surface area contributed by atoms with Gasteiger partial charge in [-0.1, -0.05) is 17.7 Å². The van der Waals surface area contributed by atoms with Crippen molar-refractivity contribution in [2.75, 3.05) is 39.5 Å². The van der Waals surface area contributed by atoms with E-state index >= 15 is 0 Å². The molecule has 1 fully saturated rings. The van der Waals surface area contributed by atoms with Gasteiger partial charge in [-0.2, -0.15) is 0 Å². The largest absolute Gasteiger partial charge is 0.378 e. The number of nitrogens with zero attached hydrogens (tertiary/aromatic N) is 1. The SMILES string of the molecule is CCOP(=O)(OCC)[C@H](NC(=O)c1ccc(C)cc1)C(=O)N1CCOCC1. The number of morpholine rings is 1. The predicted octanol–water partition coefficient (Wildman–Crippen LogP) is 2.18. The lowest BCUT2D eigenvalue weighted by Gasteiger charge is -2.33. The van der Waals surface area contributed by atoms with Crippen LogP contribution in [-0.4, -0.2) is 62.0 Å². The van der Waals surface area contributed by atoms with Crippen LogP contribution in [0.25, 0.3) is 0 Å². The molecular weight excluding hydrogens is 371 g/mol. The third-order valence-electron chi connectivity index (χ3n) is 4.07. The van der Waals surface area contributed by atoms with Crippen LogP contribution in [-0.2, 0) is 23.1 Å². The first-order chi connectivity index (χ1) is 12.9. The van der Waals surface area contributed by atoms with E-state index in [4.69, 9.17) is 13.8 Å². The average molecular weight is 398 g/mol. The maximum Gasteiger partial charge on any atom is 0.362 e. The number of benzene rings is 1. The van der Waals surface area contributed by atoms with Gasteiger partial charge in [0.2, 0.25) is 5.78 Å². The third-order valence-corrected chi connectivity index (χ3v) is 6.29. The van der Waals surface area contributed by atoms with E-state index in [-0.39, 0.29) is 13.2 Å². The zero-order chi connectivity index (χ0) is 19.9.